The molecule has 0 atom stereocenters. The van der Waals surface area contributed by atoms with Gasteiger partial charge in [-0.2, -0.15) is 5.10 Å². The van der Waals surface area contributed by atoms with Crippen molar-refractivity contribution in [1.82, 2.24) is 19.2 Å². The smallest absolute Gasteiger partial charge is 0.343 e. The van der Waals surface area contributed by atoms with Crippen molar-refractivity contribution in [3.8, 4) is 5.69 Å². The molecule has 0 bridgehead atoms. The largest absolute Gasteiger partial charge is 0.462 e. The normalized spacial score (nSPS) is 11.2. The Labute approximate surface area is 158 Å². The number of carbonyl (C=O) groups is 1. The lowest BCUT2D eigenvalue weighted by Gasteiger charge is -2.11. The monoisotopic (exact) mass is 382 g/mol. The highest BCUT2D eigenvalue weighted by Gasteiger charge is 2.18. The fraction of sp³-hybridized carbons (Fsp3) is 0.158. The first-order chi connectivity index (χ1) is 13.0. The maximum Gasteiger partial charge on any atom is 0.343 e. The minimum absolute atomic E-state index is 0.250. The number of fused-ring (bicyclic) bond motifs is 3. The number of pyridine rings is 1. The van der Waals surface area contributed by atoms with Crippen molar-refractivity contribution in [3.63, 3.8) is 0 Å². The average Bonchev–Trinajstić information content (AvgIpc) is 3.09. The van der Waals surface area contributed by atoms with Gasteiger partial charge in [0.15, 0.2) is 5.65 Å². The van der Waals surface area contributed by atoms with Crippen LogP contribution in [0.5, 0.6) is 0 Å². The van der Waals surface area contributed by atoms with E-state index in [-0.39, 0.29) is 17.7 Å². The summed E-state index contributed by atoms with van der Waals surface area (Å²) in [4.78, 5) is 29.3. The Balaban J connectivity index is 1.95. The Kier molecular flexibility index (Phi) is 4.16. The summed E-state index contributed by atoms with van der Waals surface area (Å²) in [6, 6.07) is 7.13. The van der Waals surface area contributed by atoms with Gasteiger partial charge in [0.2, 0.25) is 0 Å². The third-order valence-corrected chi connectivity index (χ3v) is 4.56. The lowest BCUT2D eigenvalue weighted by Crippen LogP contribution is -2.19. The molecule has 0 aliphatic heterocycles. The summed E-state index contributed by atoms with van der Waals surface area (Å²) in [5.74, 6) is -0.498. The molecule has 0 saturated heterocycles. The zero-order valence-electron chi connectivity index (χ0n) is 14.6. The Morgan fingerprint density at radius 3 is 2.85 bits per heavy atom. The molecule has 0 N–H and O–H groups in total. The summed E-state index contributed by atoms with van der Waals surface area (Å²) in [6.07, 6.45) is 4.51. The second-order valence-electron chi connectivity index (χ2n) is 5.99. The van der Waals surface area contributed by atoms with Gasteiger partial charge >= 0.3 is 5.97 Å². The molecule has 1 aromatic carbocycles. The molecular weight excluding hydrogens is 368 g/mol. The molecule has 27 heavy (non-hydrogen) atoms. The highest BCUT2D eigenvalue weighted by Crippen LogP contribution is 2.20. The van der Waals surface area contributed by atoms with Crippen LogP contribution in [-0.4, -0.2) is 31.7 Å². The molecule has 0 fully saturated rings. The van der Waals surface area contributed by atoms with Gasteiger partial charge in [0, 0.05) is 17.4 Å². The van der Waals surface area contributed by atoms with Gasteiger partial charge in [0.1, 0.15) is 5.56 Å². The van der Waals surface area contributed by atoms with Gasteiger partial charge in [-0.15, -0.1) is 0 Å². The van der Waals surface area contributed by atoms with E-state index in [2.05, 4.69) is 10.1 Å². The lowest BCUT2D eigenvalue weighted by molar-refractivity contribution is 0.0528. The van der Waals surface area contributed by atoms with E-state index < -0.39 is 5.97 Å². The second kappa shape index (κ2) is 6.51. The number of aryl methyl sites for hydroxylation is 1. The van der Waals surface area contributed by atoms with Crippen LogP contribution in [0.3, 0.4) is 0 Å². The molecule has 0 radical (unpaired) electrons. The number of halogens is 1. The summed E-state index contributed by atoms with van der Waals surface area (Å²) in [6.45, 7) is 3.89. The molecule has 3 aromatic heterocycles. The number of hydrogen-bond acceptors (Lipinski definition) is 5. The van der Waals surface area contributed by atoms with Crippen molar-refractivity contribution in [2.45, 2.75) is 13.8 Å². The number of carbonyl (C=O) groups excluding carboxylic acids is 1. The number of rotatable bonds is 3. The third kappa shape index (κ3) is 2.76. The fourth-order valence-corrected chi connectivity index (χ4v) is 3.17. The van der Waals surface area contributed by atoms with E-state index in [9.17, 15) is 9.59 Å². The molecule has 0 spiro atoms. The van der Waals surface area contributed by atoms with Crippen LogP contribution in [0.15, 0.2) is 47.7 Å². The van der Waals surface area contributed by atoms with Crippen LogP contribution in [0.1, 0.15) is 22.8 Å². The first-order valence-corrected chi connectivity index (χ1v) is 8.71. The number of nitrogens with zero attached hydrogens (tertiary/aromatic N) is 4. The van der Waals surface area contributed by atoms with Crippen molar-refractivity contribution in [2.24, 2.45) is 0 Å². The maximum absolute atomic E-state index is 13.0. The zero-order chi connectivity index (χ0) is 19.1. The van der Waals surface area contributed by atoms with Crippen molar-refractivity contribution in [3.05, 3.63) is 69.4 Å². The minimum atomic E-state index is -0.498. The molecule has 8 heteroatoms. The molecule has 136 valence electrons. The summed E-state index contributed by atoms with van der Waals surface area (Å²) in [5, 5.41) is 5.13. The first-order valence-electron chi connectivity index (χ1n) is 8.33. The van der Waals surface area contributed by atoms with E-state index in [1.807, 2.05) is 13.0 Å². The van der Waals surface area contributed by atoms with Crippen molar-refractivity contribution < 1.29 is 9.53 Å². The lowest BCUT2D eigenvalue weighted by atomic mass is 10.2. The highest BCUT2D eigenvalue weighted by molar-refractivity contribution is 6.30. The minimum Gasteiger partial charge on any atom is -0.462 e. The molecule has 0 amide bonds. The Morgan fingerprint density at radius 1 is 1.26 bits per heavy atom. The third-order valence-electron chi connectivity index (χ3n) is 4.32. The van der Waals surface area contributed by atoms with Crippen molar-refractivity contribution in [2.75, 3.05) is 6.61 Å². The molecular formula is C19H15ClN4O3. The van der Waals surface area contributed by atoms with E-state index in [0.717, 1.165) is 5.56 Å². The summed E-state index contributed by atoms with van der Waals surface area (Å²) in [7, 11) is 0. The first kappa shape index (κ1) is 17.2. The highest BCUT2D eigenvalue weighted by atomic mass is 35.5. The van der Waals surface area contributed by atoms with Crippen molar-refractivity contribution in [1.29, 1.82) is 0 Å². The molecule has 0 saturated carbocycles. The van der Waals surface area contributed by atoms with E-state index >= 15 is 0 Å². The van der Waals surface area contributed by atoms with Crippen LogP contribution >= 0.6 is 11.6 Å². The summed E-state index contributed by atoms with van der Waals surface area (Å²) < 4.78 is 8.01. The van der Waals surface area contributed by atoms with E-state index in [1.165, 1.54) is 21.5 Å². The molecule has 7 nitrogen and oxygen atoms in total. The SMILES string of the molecule is CCOC(=O)c1cnn2c1ncc1c(=O)n(-c3cc(Cl)ccc3C)ccc12. The van der Waals surface area contributed by atoms with Gasteiger partial charge in [-0.25, -0.2) is 14.3 Å². The van der Waals surface area contributed by atoms with Crippen molar-refractivity contribution >= 4 is 34.1 Å². The van der Waals surface area contributed by atoms with Gasteiger partial charge in [-0.3, -0.25) is 9.36 Å². The van der Waals surface area contributed by atoms with Gasteiger partial charge < -0.3 is 4.74 Å². The predicted molar refractivity (Wildman–Crippen MR) is 102 cm³/mol. The molecule has 3 heterocycles. The van der Waals surface area contributed by atoms with Crippen LogP contribution in [0.4, 0.5) is 0 Å². The average molecular weight is 383 g/mol. The molecule has 4 aromatic rings. The van der Waals surface area contributed by atoms with E-state index in [0.29, 0.717) is 27.3 Å². The quantitative estimate of drug-likeness (QED) is 0.508. The predicted octanol–water partition coefficient (Wildman–Crippen LogP) is 3.17. The summed E-state index contributed by atoms with van der Waals surface area (Å²) in [5.41, 5.74) is 2.52. The number of aromatic nitrogens is 4. The van der Waals surface area contributed by atoms with E-state index in [4.69, 9.17) is 16.3 Å². The fourth-order valence-electron chi connectivity index (χ4n) is 3.00. The Bertz CT molecular complexity index is 1260. The van der Waals surface area contributed by atoms with Gasteiger partial charge in [0.05, 0.1) is 29.4 Å². The van der Waals surface area contributed by atoms with Crippen LogP contribution < -0.4 is 5.56 Å². The number of ether oxygens (including phenoxy) is 1. The molecule has 4 rings (SSSR count). The Morgan fingerprint density at radius 2 is 2.07 bits per heavy atom. The topological polar surface area (TPSA) is 78.5 Å². The van der Waals surface area contributed by atoms with Crippen LogP contribution in [0.25, 0.3) is 22.2 Å². The number of esters is 1. The maximum atomic E-state index is 13.0. The zero-order valence-corrected chi connectivity index (χ0v) is 15.4. The standard InChI is InChI=1S/C19H15ClN4O3/c1-3-27-19(26)14-10-22-24-15-6-7-23(16-8-12(20)5-4-11(16)2)18(25)13(15)9-21-17(14)24/h4-10H,3H2,1-2H3. The van der Waals surface area contributed by atoms with Crippen LogP contribution in [0.2, 0.25) is 5.02 Å². The van der Waals surface area contributed by atoms with Gasteiger partial charge in [0.25, 0.3) is 5.56 Å². The molecule has 0 unspecified atom stereocenters. The second-order valence-corrected chi connectivity index (χ2v) is 6.43. The summed E-state index contributed by atoms with van der Waals surface area (Å²) >= 11 is 6.09. The number of hydrogen-bond donors (Lipinski definition) is 0. The number of benzene rings is 1. The van der Waals surface area contributed by atoms with Crippen LogP contribution in [0, 0.1) is 6.92 Å². The van der Waals surface area contributed by atoms with E-state index in [1.54, 1.807) is 31.3 Å². The molecule has 0 aliphatic carbocycles. The van der Waals surface area contributed by atoms with Crippen LogP contribution in [-0.2, 0) is 4.74 Å². The van der Waals surface area contributed by atoms with Gasteiger partial charge in [-0.1, -0.05) is 17.7 Å². The molecule has 0 aliphatic rings. The van der Waals surface area contributed by atoms with Gasteiger partial charge in [-0.05, 0) is 37.6 Å². The Hall–Kier alpha value is -3.19.